The summed E-state index contributed by atoms with van der Waals surface area (Å²) in [6.45, 7) is 0. The molecule has 2 unspecified atom stereocenters. The lowest BCUT2D eigenvalue weighted by Crippen LogP contribution is -2.38. The Labute approximate surface area is 106 Å². The van der Waals surface area contributed by atoms with Crippen LogP contribution in [0.3, 0.4) is 0 Å². The van der Waals surface area contributed by atoms with Gasteiger partial charge in [0, 0.05) is 18.5 Å². The van der Waals surface area contributed by atoms with Gasteiger partial charge in [-0.15, -0.1) is 0 Å². The second-order valence-electron chi connectivity index (χ2n) is 5.22. The minimum absolute atomic E-state index is 0.733. The van der Waals surface area contributed by atoms with Gasteiger partial charge in [-0.05, 0) is 37.9 Å². The molecule has 2 fully saturated rings. The van der Waals surface area contributed by atoms with E-state index in [0.717, 1.165) is 41.9 Å². The Balaban J connectivity index is 1.58. The number of nitrogens with zero attached hydrogens (tertiary/aromatic N) is 2. The molecule has 2 aliphatic rings. The van der Waals surface area contributed by atoms with Crippen molar-refractivity contribution < 1.29 is 4.52 Å². The number of nitrogens with one attached hydrogen (secondary N) is 1. The number of piperidine rings is 1. The van der Waals surface area contributed by atoms with Crippen LogP contribution in [0.15, 0.2) is 4.52 Å². The summed E-state index contributed by atoms with van der Waals surface area (Å²) in [4.78, 5) is 4.45. The van der Waals surface area contributed by atoms with Gasteiger partial charge in [0.2, 0.25) is 5.89 Å². The van der Waals surface area contributed by atoms with Gasteiger partial charge in [0.1, 0.15) is 0 Å². The number of hydrogen-bond acceptors (Lipinski definition) is 5. The highest BCUT2D eigenvalue weighted by atomic mass is 32.2. The SMILES string of the molecule is CSCc1noc(CC2CC3CCC(C2)N3)n1. The molecule has 0 amide bonds. The van der Waals surface area contributed by atoms with E-state index in [2.05, 4.69) is 21.7 Å². The maximum atomic E-state index is 5.32. The minimum atomic E-state index is 0.733. The average Bonchev–Trinajstić information content (AvgIpc) is 2.87. The van der Waals surface area contributed by atoms with E-state index in [1.165, 1.54) is 25.7 Å². The zero-order chi connectivity index (χ0) is 11.7. The predicted octanol–water partition coefficient (Wildman–Crippen LogP) is 2.01. The van der Waals surface area contributed by atoms with E-state index in [-0.39, 0.29) is 0 Å². The zero-order valence-corrected chi connectivity index (χ0v) is 11.0. The van der Waals surface area contributed by atoms with Crippen LogP contribution in [0, 0.1) is 5.92 Å². The Morgan fingerprint density at radius 3 is 2.82 bits per heavy atom. The molecule has 2 bridgehead atoms. The molecule has 1 aromatic rings. The fraction of sp³-hybridized carbons (Fsp3) is 0.833. The van der Waals surface area contributed by atoms with Crippen molar-refractivity contribution >= 4 is 11.8 Å². The normalized spacial score (nSPS) is 31.9. The molecule has 2 aliphatic heterocycles. The summed E-state index contributed by atoms with van der Waals surface area (Å²) < 4.78 is 5.32. The zero-order valence-electron chi connectivity index (χ0n) is 10.2. The van der Waals surface area contributed by atoms with Crippen LogP contribution < -0.4 is 5.32 Å². The van der Waals surface area contributed by atoms with Crippen LogP contribution >= 0.6 is 11.8 Å². The van der Waals surface area contributed by atoms with Crippen molar-refractivity contribution in [3.8, 4) is 0 Å². The van der Waals surface area contributed by atoms with Crippen molar-refractivity contribution in [3.05, 3.63) is 11.7 Å². The van der Waals surface area contributed by atoms with Crippen LogP contribution in [0.1, 0.15) is 37.4 Å². The number of aromatic nitrogens is 2. The van der Waals surface area contributed by atoms with Gasteiger partial charge >= 0.3 is 0 Å². The van der Waals surface area contributed by atoms with Gasteiger partial charge < -0.3 is 9.84 Å². The lowest BCUT2D eigenvalue weighted by molar-refractivity contribution is 0.270. The average molecular weight is 253 g/mol. The van der Waals surface area contributed by atoms with E-state index >= 15 is 0 Å². The molecule has 1 aromatic heterocycles. The molecule has 0 aliphatic carbocycles. The third kappa shape index (κ3) is 2.65. The first kappa shape index (κ1) is 11.5. The highest BCUT2D eigenvalue weighted by molar-refractivity contribution is 7.97. The molecule has 94 valence electrons. The first-order valence-corrected chi connectivity index (χ1v) is 7.79. The molecule has 2 atom stereocenters. The Morgan fingerprint density at radius 1 is 1.35 bits per heavy atom. The molecule has 4 nitrogen and oxygen atoms in total. The Bertz CT molecular complexity index is 370. The summed E-state index contributed by atoms with van der Waals surface area (Å²) >= 11 is 1.73. The lowest BCUT2D eigenvalue weighted by atomic mass is 9.90. The maximum Gasteiger partial charge on any atom is 0.226 e. The van der Waals surface area contributed by atoms with E-state index < -0.39 is 0 Å². The summed E-state index contributed by atoms with van der Waals surface area (Å²) in [5, 5.41) is 7.66. The first-order valence-electron chi connectivity index (χ1n) is 6.40. The van der Waals surface area contributed by atoms with Gasteiger partial charge in [-0.1, -0.05) is 5.16 Å². The highest BCUT2D eigenvalue weighted by Crippen LogP contribution is 2.32. The monoisotopic (exact) mass is 253 g/mol. The molecule has 0 saturated carbocycles. The summed E-state index contributed by atoms with van der Waals surface area (Å²) in [6, 6.07) is 1.49. The van der Waals surface area contributed by atoms with Gasteiger partial charge in [-0.2, -0.15) is 16.7 Å². The minimum Gasteiger partial charge on any atom is -0.339 e. The van der Waals surface area contributed by atoms with Crippen LogP contribution in [0.2, 0.25) is 0 Å². The molecule has 3 rings (SSSR count). The largest absolute Gasteiger partial charge is 0.339 e. The van der Waals surface area contributed by atoms with E-state index in [1.54, 1.807) is 11.8 Å². The third-order valence-electron chi connectivity index (χ3n) is 3.82. The number of fused-ring (bicyclic) bond motifs is 2. The first-order chi connectivity index (χ1) is 8.33. The fourth-order valence-electron chi connectivity index (χ4n) is 3.15. The van der Waals surface area contributed by atoms with E-state index in [0.29, 0.717) is 0 Å². The van der Waals surface area contributed by atoms with Crippen molar-refractivity contribution in [2.75, 3.05) is 6.26 Å². The number of thioether (sulfide) groups is 1. The highest BCUT2D eigenvalue weighted by Gasteiger charge is 2.34. The lowest BCUT2D eigenvalue weighted by Gasteiger charge is -2.27. The van der Waals surface area contributed by atoms with Crippen LogP contribution in [-0.2, 0) is 12.2 Å². The second-order valence-corrected chi connectivity index (χ2v) is 6.08. The Kier molecular flexibility index (Phi) is 3.38. The summed E-state index contributed by atoms with van der Waals surface area (Å²) in [5.74, 6) is 3.25. The number of hydrogen-bond donors (Lipinski definition) is 1. The van der Waals surface area contributed by atoms with E-state index in [1.807, 2.05) is 0 Å². The summed E-state index contributed by atoms with van der Waals surface area (Å²) in [6.07, 6.45) is 8.27. The van der Waals surface area contributed by atoms with Crippen LogP contribution in [0.25, 0.3) is 0 Å². The fourth-order valence-corrected chi connectivity index (χ4v) is 3.52. The van der Waals surface area contributed by atoms with Crippen LogP contribution in [0.4, 0.5) is 0 Å². The summed E-state index contributed by atoms with van der Waals surface area (Å²) in [5.41, 5.74) is 0. The standard InChI is InChI=1S/C12H19N3OS/c1-17-7-11-14-12(16-15-11)6-8-4-9-2-3-10(5-8)13-9/h8-10,13H,2-7H2,1H3. The molecule has 3 heterocycles. The van der Waals surface area contributed by atoms with Crippen molar-refractivity contribution in [2.24, 2.45) is 5.92 Å². The topological polar surface area (TPSA) is 51.0 Å². The Hall–Kier alpha value is -0.550. The van der Waals surface area contributed by atoms with Gasteiger partial charge in [0.05, 0.1) is 5.75 Å². The molecular formula is C12H19N3OS. The van der Waals surface area contributed by atoms with Crippen LogP contribution in [-0.4, -0.2) is 28.5 Å². The Morgan fingerprint density at radius 2 is 2.12 bits per heavy atom. The van der Waals surface area contributed by atoms with Crippen molar-refractivity contribution in [3.63, 3.8) is 0 Å². The van der Waals surface area contributed by atoms with E-state index in [4.69, 9.17) is 4.52 Å². The molecule has 17 heavy (non-hydrogen) atoms. The molecular weight excluding hydrogens is 234 g/mol. The van der Waals surface area contributed by atoms with E-state index in [9.17, 15) is 0 Å². The molecule has 0 spiro atoms. The molecule has 0 aromatic carbocycles. The maximum absolute atomic E-state index is 5.32. The second kappa shape index (κ2) is 4.98. The quantitative estimate of drug-likeness (QED) is 0.889. The molecule has 1 N–H and O–H groups in total. The molecule has 0 radical (unpaired) electrons. The third-order valence-corrected chi connectivity index (χ3v) is 4.36. The number of rotatable bonds is 4. The van der Waals surface area contributed by atoms with Gasteiger partial charge in [0.25, 0.3) is 0 Å². The van der Waals surface area contributed by atoms with Crippen molar-refractivity contribution in [1.29, 1.82) is 0 Å². The van der Waals surface area contributed by atoms with Crippen molar-refractivity contribution in [2.45, 2.75) is 49.9 Å². The smallest absolute Gasteiger partial charge is 0.226 e. The predicted molar refractivity (Wildman–Crippen MR) is 67.9 cm³/mol. The van der Waals surface area contributed by atoms with Crippen LogP contribution in [0.5, 0.6) is 0 Å². The van der Waals surface area contributed by atoms with Gasteiger partial charge in [-0.25, -0.2) is 0 Å². The summed E-state index contributed by atoms with van der Waals surface area (Å²) in [7, 11) is 0. The van der Waals surface area contributed by atoms with Gasteiger partial charge in [-0.3, -0.25) is 0 Å². The van der Waals surface area contributed by atoms with Crippen molar-refractivity contribution in [1.82, 2.24) is 15.5 Å². The molecule has 2 saturated heterocycles. The van der Waals surface area contributed by atoms with Gasteiger partial charge in [0.15, 0.2) is 5.82 Å². The molecule has 5 heteroatoms.